The predicted molar refractivity (Wildman–Crippen MR) is 108 cm³/mol. The van der Waals surface area contributed by atoms with Gasteiger partial charge in [-0.3, -0.25) is 15.5 Å². The van der Waals surface area contributed by atoms with E-state index >= 15 is 0 Å². The SMILES string of the molecule is CCCN1CC(NCC2CCCS2)NC(c2ccc(S(N)(=O)=O)cc2)C1. The van der Waals surface area contributed by atoms with E-state index in [1.165, 1.54) is 18.6 Å². The minimum absolute atomic E-state index is 0.162. The van der Waals surface area contributed by atoms with Crippen molar-refractivity contribution in [3.8, 4) is 0 Å². The Morgan fingerprint density at radius 3 is 2.69 bits per heavy atom. The maximum absolute atomic E-state index is 11.5. The summed E-state index contributed by atoms with van der Waals surface area (Å²) in [4.78, 5) is 2.64. The molecule has 2 fully saturated rings. The van der Waals surface area contributed by atoms with Crippen LogP contribution in [0.1, 0.15) is 37.8 Å². The van der Waals surface area contributed by atoms with Crippen LogP contribution in [0.25, 0.3) is 0 Å². The quantitative estimate of drug-likeness (QED) is 0.645. The van der Waals surface area contributed by atoms with Gasteiger partial charge in [0.05, 0.1) is 11.1 Å². The number of hydrogen-bond donors (Lipinski definition) is 3. The van der Waals surface area contributed by atoms with Crippen LogP contribution in [-0.2, 0) is 10.0 Å². The molecule has 0 amide bonds. The second kappa shape index (κ2) is 9.03. The molecule has 2 aliphatic rings. The van der Waals surface area contributed by atoms with E-state index in [1.54, 1.807) is 12.1 Å². The Kier molecular flexibility index (Phi) is 6.98. The molecule has 3 rings (SSSR count). The predicted octanol–water partition coefficient (Wildman–Crippen LogP) is 1.50. The molecule has 0 aromatic heterocycles. The lowest BCUT2D eigenvalue weighted by Crippen LogP contribution is -2.59. The van der Waals surface area contributed by atoms with Crippen LogP contribution in [0, 0.1) is 0 Å². The molecule has 2 heterocycles. The fraction of sp³-hybridized carbons (Fsp3) is 0.667. The van der Waals surface area contributed by atoms with Crippen LogP contribution in [0.3, 0.4) is 0 Å². The molecular weight excluding hydrogens is 368 g/mol. The van der Waals surface area contributed by atoms with Crippen molar-refractivity contribution in [3.05, 3.63) is 29.8 Å². The molecule has 1 aromatic rings. The zero-order valence-corrected chi connectivity index (χ0v) is 17.0. The number of nitrogens with zero attached hydrogens (tertiary/aromatic N) is 1. The average Bonchev–Trinajstić information content (AvgIpc) is 3.13. The molecule has 0 aliphatic carbocycles. The minimum atomic E-state index is -3.64. The number of thioether (sulfide) groups is 1. The van der Waals surface area contributed by atoms with E-state index in [1.807, 2.05) is 12.1 Å². The normalized spacial score (nSPS) is 27.7. The first-order chi connectivity index (χ1) is 12.5. The fourth-order valence-corrected chi connectivity index (χ4v) is 5.46. The van der Waals surface area contributed by atoms with Crippen molar-refractivity contribution < 1.29 is 8.42 Å². The van der Waals surface area contributed by atoms with Gasteiger partial charge in [0.25, 0.3) is 0 Å². The van der Waals surface area contributed by atoms with Gasteiger partial charge in [0.15, 0.2) is 0 Å². The highest BCUT2D eigenvalue weighted by atomic mass is 32.2. The molecule has 3 unspecified atom stereocenters. The van der Waals surface area contributed by atoms with Crippen molar-refractivity contribution in [3.63, 3.8) is 0 Å². The number of nitrogens with two attached hydrogens (primary N) is 1. The molecule has 0 spiro atoms. The van der Waals surface area contributed by atoms with E-state index < -0.39 is 10.0 Å². The summed E-state index contributed by atoms with van der Waals surface area (Å²) in [7, 11) is -3.64. The van der Waals surface area contributed by atoms with Crippen molar-refractivity contribution in [2.45, 2.75) is 48.5 Å². The van der Waals surface area contributed by atoms with Crippen LogP contribution in [-0.4, -0.2) is 56.7 Å². The summed E-state index contributed by atoms with van der Waals surface area (Å²) in [6, 6.07) is 7.12. The average molecular weight is 399 g/mol. The van der Waals surface area contributed by atoms with Crippen molar-refractivity contribution in [1.29, 1.82) is 0 Å². The van der Waals surface area contributed by atoms with E-state index in [0.29, 0.717) is 0 Å². The number of piperazine rings is 1. The molecular formula is C18H30N4O2S2. The smallest absolute Gasteiger partial charge is 0.238 e. The van der Waals surface area contributed by atoms with Gasteiger partial charge in [0.1, 0.15) is 0 Å². The van der Waals surface area contributed by atoms with Gasteiger partial charge in [-0.05, 0) is 49.3 Å². The summed E-state index contributed by atoms with van der Waals surface area (Å²) in [6.45, 7) is 6.24. The highest BCUT2D eigenvalue weighted by molar-refractivity contribution is 8.00. The van der Waals surface area contributed by atoms with Crippen molar-refractivity contribution in [2.75, 3.05) is 31.9 Å². The van der Waals surface area contributed by atoms with Crippen LogP contribution in [0.5, 0.6) is 0 Å². The van der Waals surface area contributed by atoms with Gasteiger partial charge in [0.2, 0.25) is 10.0 Å². The van der Waals surface area contributed by atoms with E-state index in [9.17, 15) is 8.42 Å². The maximum Gasteiger partial charge on any atom is 0.238 e. The summed E-state index contributed by atoms with van der Waals surface area (Å²) in [5.41, 5.74) is 1.10. The second-order valence-corrected chi connectivity index (χ2v) is 10.2. The number of nitrogens with one attached hydrogen (secondary N) is 2. The topological polar surface area (TPSA) is 87.5 Å². The lowest BCUT2D eigenvalue weighted by atomic mass is 10.0. The van der Waals surface area contributed by atoms with Gasteiger partial charge in [-0.1, -0.05) is 19.1 Å². The van der Waals surface area contributed by atoms with Gasteiger partial charge in [-0.2, -0.15) is 11.8 Å². The minimum Gasteiger partial charge on any atom is -0.300 e. The van der Waals surface area contributed by atoms with Crippen molar-refractivity contribution in [2.24, 2.45) is 5.14 Å². The monoisotopic (exact) mass is 398 g/mol. The van der Waals surface area contributed by atoms with Gasteiger partial charge < -0.3 is 0 Å². The van der Waals surface area contributed by atoms with Gasteiger partial charge >= 0.3 is 0 Å². The first-order valence-electron chi connectivity index (χ1n) is 9.42. The standard InChI is InChI=1S/C18H30N4O2S2/c1-2-9-22-12-17(14-5-7-16(8-6-14)26(19,23)24)21-18(13-22)20-11-15-4-3-10-25-15/h5-8,15,17-18,20-21H,2-4,9-13H2,1H3,(H2,19,23,24). The third-order valence-electron chi connectivity index (χ3n) is 5.05. The zero-order chi connectivity index (χ0) is 18.6. The molecule has 0 saturated carbocycles. The number of benzene rings is 1. The lowest BCUT2D eigenvalue weighted by molar-refractivity contribution is 0.144. The molecule has 1 aromatic carbocycles. The Balaban J connectivity index is 1.66. The largest absolute Gasteiger partial charge is 0.300 e. The Morgan fingerprint density at radius 1 is 1.31 bits per heavy atom. The Labute approximate surface area is 161 Å². The van der Waals surface area contributed by atoms with E-state index in [-0.39, 0.29) is 17.1 Å². The summed E-state index contributed by atoms with van der Waals surface area (Å²) in [6.07, 6.45) is 4.01. The van der Waals surface area contributed by atoms with E-state index in [2.05, 4.69) is 34.2 Å². The summed E-state index contributed by atoms with van der Waals surface area (Å²) in [5, 5.41) is 13.3. The van der Waals surface area contributed by atoms with Crippen LogP contribution in [0.2, 0.25) is 0 Å². The van der Waals surface area contributed by atoms with Gasteiger partial charge in [-0.25, -0.2) is 13.6 Å². The van der Waals surface area contributed by atoms with Crippen LogP contribution in [0.15, 0.2) is 29.2 Å². The number of sulfonamides is 1. The number of rotatable bonds is 7. The van der Waals surface area contributed by atoms with Crippen molar-refractivity contribution in [1.82, 2.24) is 15.5 Å². The summed E-state index contributed by atoms with van der Waals surface area (Å²) < 4.78 is 22.9. The zero-order valence-electron chi connectivity index (χ0n) is 15.4. The van der Waals surface area contributed by atoms with Crippen LogP contribution >= 0.6 is 11.8 Å². The van der Waals surface area contributed by atoms with Crippen molar-refractivity contribution >= 4 is 21.8 Å². The molecule has 2 aliphatic heterocycles. The van der Waals surface area contributed by atoms with Crippen LogP contribution in [0.4, 0.5) is 0 Å². The molecule has 8 heteroatoms. The van der Waals surface area contributed by atoms with Gasteiger partial charge in [-0.15, -0.1) is 0 Å². The highest BCUT2D eigenvalue weighted by Gasteiger charge is 2.28. The molecule has 3 atom stereocenters. The molecule has 26 heavy (non-hydrogen) atoms. The maximum atomic E-state index is 11.5. The van der Waals surface area contributed by atoms with E-state index in [4.69, 9.17) is 5.14 Å². The Morgan fingerprint density at radius 2 is 2.08 bits per heavy atom. The molecule has 6 nitrogen and oxygen atoms in total. The number of primary sulfonamides is 1. The molecule has 4 N–H and O–H groups in total. The second-order valence-electron chi connectivity index (χ2n) is 7.19. The highest BCUT2D eigenvalue weighted by Crippen LogP contribution is 2.26. The first-order valence-corrected chi connectivity index (χ1v) is 12.0. The van der Waals surface area contributed by atoms with Crippen LogP contribution < -0.4 is 15.8 Å². The summed E-state index contributed by atoms with van der Waals surface area (Å²) in [5.74, 6) is 1.28. The molecule has 2 saturated heterocycles. The third kappa shape index (κ3) is 5.43. The van der Waals surface area contributed by atoms with E-state index in [0.717, 1.165) is 43.4 Å². The summed E-state index contributed by atoms with van der Waals surface area (Å²) >= 11 is 2.07. The first kappa shape index (κ1) is 20.1. The number of hydrogen-bond acceptors (Lipinski definition) is 6. The lowest BCUT2D eigenvalue weighted by Gasteiger charge is -2.40. The Bertz CT molecular complexity index is 675. The molecule has 146 valence electrons. The third-order valence-corrected chi connectivity index (χ3v) is 7.38. The van der Waals surface area contributed by atoms with Gasteiger partial charge in [0, 0.05) is 30.9 Å². The fourth-order valence-electron chi connectivity index (χ4n) is 3.73. The molecule has 0 bridgehead atoms. The Hall–Kier alpha value is -0.640. The molecule has 0 radical (unpaired) electrons.